The van der Waals surface area contributed by atoms with Crippen LogP contribution in [-0.2, 0) is 10.0 Å². The molecule has 1 aliphatic heterocycles. The highest BCUT2D eigenvalue weighted by Gasteiger charge is 2.25. The van der Waals surface area contributed by atoms with E-state index in [0.29, 0.717) is 43.7 Å². The summed E-state index contributed by atoms with van der Waals surface area (Å²) in [6.07, 6.45) is 3.54. The van der Waals surface area contributed by atoms with Crippen LogP contribution in [0.15, 0.2) is 29.6 Å². The topological polar surface area (TPSA) is 114 Å². The van der Waals surface area contributed by atoms with Gasteiger partial charge in [0.25, 0.3) is 0 Å². The van der Waals surface area contributed by atoms with Gasteiger partial charge in [-0.15, -0.1) is 11.3 Å². The first-order chi connectivity index (χ1) is 15.4. The van der Waals surface area contributed by atoms with E-state index in [9.17, 15) is 13.7 Å². The van der Waals surface area contributed by atoms with Gasteiger partial charge in [-0.05, 0) is 42.5 Å². The van der Waals surface area contributed by atoms with Gasteiger partial charge in [-0.1, -0.05) is 0 Å². The lowest BCUT2D eigenvalue weighted by atomic mass is 10.1. The molecule has 9 nitrogen and oxygen atoms in total. The number of nitriles is 1. The Morgan fingerprint density at radius 1 is 1.16 bits per heavy atom. The zero-order chi connectivity index (χ0) is 22.3. The maximum atomic E-state index is 11.8. The number of benzene rings is 1. The molecule has 5 rings (SSSR count). The number of hydrogen-bond donors (Lipinski definition) is 2. The van der Waals surface area contributed by atoms with Crippen LogP contribution in [0.4, 0.5) is 23.1 Å². The Labute approximate surface area is 190 Å². The molecule has 0 unspecified atom stereocenters. The normalized spacial score (nSPS) is 17.3. The minimum absolute atomic E-state index is 0.412. The molecular formula is C21H23N7O2S2. The van der Waals surface area contributed by atoms with Gasteiger partial charge in [0.05, 0.1) is 27.7 Å². The zero-order valence-electron chi connectivity index (χ0n) is 17.6. The van der Waals surface area contributed by atoms with E-state index < -0.39 is 10.0 Å². The molecule has 2 N–H and O–H groups in total. The van der Waals surface area contributed by atoms with Crippen molar-refractivity contribution in [2.75, 3.05) is 48.0 Å². The number of fused-ring (bicyclic) bond motifs is 1. The highest BCUT2D eigenvalue weighted by molar-refractivity contribution is 7.88. The Kier molecular flexibility index (Phi) is 5.36. The summed E-state index contributed by atoms with van der Waals surface area (Å²) in [6.45, 7) is 1.91. The summed E-state index contributed by atoms with van der Waals surface area (Å²) in [5.41, 5.74) is 2.94. The smallest absolute Gasteiger partial charge is 0.229 e. The molecule has 3 aromatic rings. The summed E-state index contributed by atoms with van der Waals surface area (Å²) in [7, 11) is -3.19. The molecule has 32 heavy (non-hydrogen) atoms. The van der Waals surface area contributed by atoms with Crippen molar-refractivity contribution in [1.82, 2.24) is 14.3 Å². The van der Waals surface area contributed by atoms with Gasteiger partial charge in [0.2, 0.25) is 16.0 Å². The first kappa shape index (κ1) is 20.9. The third-order valence-corrected chi connectivity index (χ3v) is 7.86. The summed E-state index contributed by atoms with van der Waals surface area (Å²) in [5.74, 6) is 1.33. The van der Waals surface area contributed by atoms with E-state index in [4.69, 9.17) is 0 Å². The summed E-state index contributed by atoms with van der Waals surface area (Å²) < 4.78 is 26.0. The highest BCUT2D eigenvalue weighted by atomic mass is 32.2. The van der Waals surface area contributed by atoms with E-state index in [2.05, 4.69) is 31.6 Å². The summed E-state index contributed by atoms with van der Waals surface area (Å²) in [4.78, 5) is 11.3. The van der Waals surface area contributed by atoms with E-state index in [1.807, 2.05) is 23.6 Å². The summed E-state index contributed by atoms with van der Waals surface area (Å²) >= 11 is 1.62. The molecule has 2 aliphatic rings. The molecule has 0 bridgehead atoms. The largest absolute Gasteiger partial charge is 0.368 e. The van der Waals surface area contributed by atoms with Crippen molar-refractivity contribution in [1.29, 1.82) is 5.26 Å². The van der Waals surface area contributed by atoms with Gasteiger partial charge in [-0.25, -0.2) is 13.4 Å². The fraction of sp³-hybridized carbons (Fsp3) is 0.381. The van der Waals surface area contributed by atoms with Crippen LogP contribution in [0.5, 0.6) is 0 Å². The monoisotopic (exact) mass is 469 g/mol. The Morgan fingerprint density at radius 2 is 1.94 bits per heavy atom. The van der Waals surface area contributed by atoms with Crippen molar-refractivity contribution in [2.45, 2.75) is 18.9 Å². The summed E-state index contributed by atoms with van der Waals surface area (Å²) in [6, 6.07) is 10.3. The molecule has 0 atom stereocenters. The zero-order valence-corrected chi connectivity index (χ0v) is 19.2. The molecule has 1 aromatic carbocycles. The van der Waals surface area contributed by atoms with Gasteiger partial charge in [-0.2, -0.15) is 14.6 Å². The van der Waals surface area contributed by atoms with Gasteiger partial charge < -0.3 is 15.5 Å². The van der Waals surface area contributed by atoms with Crippen molar-refractivity contribution in [3.63, 3.8) is 0 Å². The Hall–Kier alpha value is -2.94. The van der Waals surface area contributed by atoms with Crippen molar-refractivity contribution >= 4 is 54.7 Å². The van der Waals surface area contributed by atoms with Gasteiger partial charge in [0.1, 0.15) is 11.9 Å². The molecule has 1 aliphatic carbocycles. The number of hydrogen-bond acceptors (Lipinski definition) is 9. The predicted octanol–water partition coefficient (Wildman–Crippen LogP) is 2.96. The van der Waals surface area contributed by atoms with Crippen molar-refractivity contribution in [3.05, 3.63) is 35.2 Å². The molecule has 3 heterocycles. The average Bonchev–Trinajstić information content (AvgIpc) is 3.46. The van der Waals surface area contributed by atoms with Crippen LogP contribution in [0.25, 0.3) is 10.2 Å². The van der Waals surface area contributed by atoms with E-state index in [0.717, 1.165) is 40.3 Å². The van der Waals surface area contributed by atoms with Crippen LogP contribution >= 0.6 is 11.3 Å². The van der Waals surface area contributed by atoms with Gasteiger partial charge in [-0.3, -0.25) is 0 Å². The number of piperazine rings is 1. The molecule has 2 aromatic heterocycles. The Bertz CT molecular complexity index is 1300. The number of anilines is 4. The Balaban J connectivity index is 1.36. The first-order valence-corrected chi connectivity index (χ1v) is 13.2. The fourth-order valence-electron chi connectivity index (χ4n) is 3.81. The SMILES string of the molecule is CS(=O)(=O)N1CCN(c2ccc(Nc3nc(NC4CC4)c4sccc4n3)cc2C#N)CC1. The molecule has 0 spiro atoms. The number of nitrogens with zero attached hydrogens (tertiary/aromatic N) is 5. The van der Waals surface area contributed by atoms with Crippen LogP contribution in [0.2, 0.25) is 0 Å². The number of nitrogens with one attached hydrogen (secondary N) is 2. The molecule has 0 radical (unpaired) electrons. The van der Waals surface area contributed by atoms with Crippen LogP contribution < -0.4 is 15.5 Å². The minimum Gasteiger partial charge on any atom is -0.368 e. The minimum atomic E-state index is -3.19. The lowest BCUT2D eigenvalue weighted by Crippen LogP contribution is -2.48. The maximum absolute atomic E-state index is 11.8. The third-order valence-electron chi connectivity index (χ3n) is 5.64. The van der Waals surface area contributed by atoms with Crippen molar-refractivity contribution in [3.8, 4) is 6.07 Å². The Morgan fingerprint density at radius 3 is 2.62 bits per heavy atom. The van der Waals surface area contributed by atoms with E-state index in [1.165, 1.54) is 10.6 Å². The first-order valence-electron chi connectivity index (χ1n) is 10.4. The highest BCUT2D eigenvalue weighted by Crippen LogP contribution is 2.33. The van der Waals surface area contributed by atoms with Gasteiger partial charge in [0, 0.05) is 37.9 Å². The quantitative estimate of drug-likeness (QED) is 0.566. The lowest BCUT2D eigenvalue weighted by Gasteiger charge is -2.35. The van der Waals surface area contributed by atoms with E-state index in [1.54, 1.807) is 17.4 Å². The maximum Gasteiger partial charge on any atom is 0.229 e. The third kappa shape index (κ3) is 4.34. The number of sulfonamides is 1. The van der Waals surface area contributed by atoms with Gasteiger partial charge in [0.15, 0.2) is 0 Å². The van der Waals surface area contributed by atoms with Crippen LogP contribution in [0.3, 0.4) is 0 Å². The number of aromatic nitrogens is 2. The van der Waals surface area contributed by atoms with E-state index >= 15 is 0 Å². The second-order valence-corrected chi connectivity index (χ2v) is 11.0. The predicted molar refractivity (Wildman–Crippen MR) is 127 cm³/mol. The fourth-order valence-corrected chi connectivity index (χ4v) is 5.42. The molecule has 0 amide bonds. The molecule has 1 saturated carbocycles. The van der Waals surface area contributed by atoms with Gasteiger partial charge >= 0.3 is 0 Å². The average molecular weight is 470 g/mol. The second-order valence-electron chi connectivity index (χ2n) is 8.07. The second kappa shape index (κ2) is 8.20. The van der Waals surface area contributed by atoms with Crippen LogP contribution in [0.1, 0.15) is 18.4 Å². The number of thiophene rings is 1. The molecule has 11 heteroatoms. The van der Waals surface area contributed by atoms with Crippen molar-refractivity contribution in [2.24, 2.45) is 0 Å². The molecule has 166 valence electrons. The lowest BCUT2D eigenvalue weighted by molar-refractivity contribution is 0.388. The van der Waals surface area contributed by atoms with E-state index in [-0.39, 0.29) is 0 Å². The summed E-state index contributed by atoms with van der Waals surface area (Å²) in [5, 5.41) is 18.5. The van der Waals surface area contributed by atoms with Crippen molar-refractivity contribution < 1.29 is 8.42 Å². The standard InChI is InChI=1S/C21H23N7O2S2/c1-32(29,30)28-9-7-27(8-10-28)18-5-4-16(12-14(18)13-22)24-21-25-17-6-11-31-19(17)20(26-21)23-15-2-3-15/h4-6,11-12,15H,2-3,7-10H2,1H3,(H2,23,24,25,26). The molecule has 1 saturated heterocycles. The van der Waals surface area contributed by atoms with Crippen LogP contribution in [-0.4, -0.2) is 61.2 Å². The number of rotatable bonds is 6. The van der Waals surface area contributed by atoms with Crippen LogP contribution in [0, 0.1) is 11.3 Å². The molecular weight excluding hydrogens is 446 g/mol. The molecule has 2 fully saturated rings.